The van der Waals surface area contributed by atoms with E-state index in [-0.39, 0.29) is 11.0 Å². The van der Waals surface area contributed by atoms with E-state index in [9.17, 15) is 8.78 Å². The lowest BCUT2D eigenvalue weighted by atomic mass is 9.85. The Balaban J connectivity index is 1.90. The molecule has 1 aliphatic rings. The fourth-order valence-corrected chi connectivity index (χ4v) is 3.14. The molecule has 1 aliphatic carbocycles. The summed E-state index contributed by atoms with van der Waals surface area (Å²) in [5.41, 5.74) is 0.509. The Hall–Kier alpha value is -1.78. The van der Waals surface area contributed by atoms with Crippen molar-refractivity contribution in [3.8, 4) is 11.4 Å². The SMILES string of the molecule is Cn1nc(-c2ccc(F)cc2F)nc1CC1(C)CCCC1. The summed E-state index contributed by atoms with van der Waals surface area (Å²) in [6.07, 6.45) is 5.75. The van der Waals surface area contributed by atoms with Crippen LogP contribution in [0.2, 0.25) is 0 Å². The van der Waals surface area contributed by atoms with Crippen molar-refractivity contribution in [2.75, 3.05) is 0 Å². The van der Waals surface area contributed by atoms with Crippen molar-refractivity contribution < 1.29 is 8.78 Å². The Morgan fingerprint density at radius 3 is 2.62 bits per heavy atom. The first kappa shape index (κ1) is 14.2. The summed E-state index contributed by atoms with van der Waals surface area (Å²) >= 11 is 0. The summed E-state index contributed by atoms with van der Waals surface area (Å²) in [7, 11) is 1.82. The maximum atomic E-state index is 13.8. The van der Waals surface area contributed by atoms with Crippen LogP contribution in [0.5, 0.6) is 0 Å². The molecule has 5 heteroatoms. The van der Waals surface area contributed by atoms with Gasteiger partial charge in [-0.2, -0.15) is 5.10 Å². The van der Waals surface area contributed by atoms with Crippen LogP contribution >= 0.6 is 0 Å². The minimum atomic E-state index is -0.626. The predicted molar refractivity (Wildman–Crippen MR) is 76.6 cm³/mol. The van der Waals surface area contributed by atoms with E-state index < -0.39 is 11.6 Å². The number of rotatable bonds is 3. The van der Waals surface area contributed by atoms with E-state index in [0.29, 0.717) is 5.82 Å². The molecule has 0 unspecified atom stereocenters. The molecule has 3 rings (SSSR count). The molecule has 0 spiro atoms. The fraction of sp³-hybridized carbons (Fsp3) is 0.500. The number of aryl methyl sites for hydroxylation is 1. The van der Waals surface area contributed by atoms with Crippen LogP contribution < -0.4 is 0 Å². The topological polar surface area (TPSA) is 30.7 Å². The highest BCUT2D eigenvalue weighted by Gasteiger charge is 2.30. The largest absolute Gasteiger partial charge is 0.252 e. The van der Waals surface area contributed by atoms with Gasteiger partial charge in [0.05, 0.1) is 5.56 Å². The Morgan fingerprint density at radius 2 is 1.95 bits per heavy atom. The average molecular weight is 291 g/mol. The molecule has 0 bridgehead atoms. The molecule has 0 N–H and O–H groups in total. The number of hydrogen-bond donors (Lipinski definition) is 0. The third-order valence-electron chi connectivity index (χ3n) is 4.42. The van der Waals surface area contributed by atoms with Crippen molar-refractivity contribution in [2.24, 2.45) is 12.5 Å². The lowest BCUT2D eigenvalue weighted by Gasteiger charge is -2.22. The van der Waals surface area contributed by atoms with E-state index in [1.165, 1.54) is 37.8 Å². The number of benzene rings is 1. The summed E-state index contributed by atoms with van der Waals surface area (Å²) in [6.45, 7) is 2.27. The molecular formula is C16H19F2N3. The first-order chi connectivity index (χ1) is 9.97. The Bertz CT molecular complexity index is 658. The summed E-state index contributed by atoms with van der Waals surface area (Å²) in [6, 6.07) is 3.48. The summed E-state index contributed by atoms with van der Waals surface area (Å²) in [5.74, 6) is -0.0326. The third kappa shape index (κ3) is 2.82. The van der Waals surface area contributed by atoms with Crippen molar-refractivity contribution in [3.63, 3.8) is 0 Å². The lowest BCUT2D eigenvalue weighted by Crippen LogP contribution is -2.17. The van der Waals surface area contributed by atoms with Crippen LogP contribution in [0.25, 0.3) is 11.4 Å². The molecular weight excluding hydrogens is 272 g/mol. The molecule has 1 aromatic carbocycles. The van der Waals surface area contributed by atoms with E-state index in [1.54, 1.807) is 4.68 Å². The molecule has 0 radical (unpaired) electrons. The minimum Gasteiger partial charge on any atom is -0.252 e. The number of halogens is 2. The zero-order chi connectivity index (χ0) is 15.0. The van der Waals surface area contributed by atoms with Crippen LogP contribution in [-0.2, 0) is 13.5 Å². The second-order valence-electron chi connectivity index (χ2n) is 6.29. The predicted octanol–water partition coefficient (Wildman–Crippen LogP) is 3.88. The van der Waals surface area contributed by atoms with Gasteiger partial charge in [0, 0.05) is 19.5 Å². The Kier molecular flexibility index (Phi) is 3.51. The van der Waals surface area contributed by atoms with Crippen molar-refractivity contribution in [3.05, 3.63) is 35.7 Å². The van der Waals surface area contributed by atoms with Crippen molar-refractivity contribution >= 4 is 0 Å². The van der Waals surface area contributed by atoms with Crippen molar-refractivity contribution in [1.82, 2.24) is 14.8 Å². The molecule has 0 amide bonds. The van der Waals surface area contributed by atoms with E-state index in [2.05, 4.69) is 17.0 Å². The standard InChI is InChI=1S/C16H19F2N3/c1-16(7-3-4-8-16)10-14-19-15(20-21(14)2)12-6-5-11(17)9-13(12)18/h5-6,9H,3-4,7-8,10H2,1-2H3. The third-order valence-corrected chi connectivity index (χ3v) is 4.42. The average Bonchev–Trinajstić information content (AvgIpc) is 2.97. The van der Waals surface area contributed by atoms with Gasteiger partial charge < -0.3 is 0 Å². The number of nitrogens with zero attached hydrogens (tertiary/aromatic N) is 3. The van der Waals surface area contributed by atoms with E-state index in [1.807, 2.05) is 7.05 Å². The van der Waals surface area contributed by atoms with E-state index in [4.69, 9.17) is 0 Å². The van der Waals surface area contributed by atoms with Gasteiger partial charge in [0.25, 0.3) is 0 Å². The molecule has 1 heterocycles. The molecule has 0 atom stereocenters. The highest BCUT2D eigenvalue weighted by molar-refractivity contribution is 5.55. The second-order valence-corrected chi connectivity index (χ2v) is 6.29. The summed E-state index contributed by atoms with van der Waals surface area (Å²) in [4.78, 5) is 4.47. The Labute approximate surface area is 123 Å². The molecule has 1 fully saturated rings. The highest BCUT2D eigenvalue weighted by atomic mass is 19.1. The molecule has 112 valence electrons. The van der Waals surface area contributed by atoms with Crippen molar-refractivity contribution in [2.45, 2.75) is 39.0 Å². The van der Waals surface area contributed by atoms with Gasteiger partial charge in [0.1, 0.15) is 17.5 Å². The molecule has 1 aromatic heterocycles. The minimum absolute atomic E-state index is 0.245. The quantitative estimate of drug-likeness (QED) is 0.859. The normalized spacial score (nSPS) is 17.3. The van der Waals surface area contributed by atoms with Gasteiger partial charge in [-0.15, -0.1) is 0 Å². The highest BCUT2D eigenvalue weighted by Crippen LogP contribution is 2.40. The number of aromatic nitrogens is 3. The maximum absolute atomic E-state index is 13.8. The maximum Gasteiger partial charge on any atom is 0.184 e. The summed E-state index contributed by atoms with van der Waals surface area (Å²) in [5, 5.41) is 4.29. The Morgan fingerprint density at radius 1 is 1.24 bits per heavy atom. The van der Waals surface area contributed by atoms with E-state index >= 15 is 0 Å². The van der Waals surface area contributed by atoms with Crippen LogP contribution in [0, 0.1) is 17.0 Å². The monoisotopic (exact) mass is 291 g/mol. The van der Waals surface area contributed by atoms with Gasteiger partial charge in [-0.1, -0.05) is 19.8 Å². The molecule has 0 aliphatic heterocycles. The van der Waals surface area contributed by atoms with Gasteiger partial charge in [-0.05, 0) is 30.4 Å². The fourth-order valence-electron chi connectivity index (χ4n) is 3.14. The zero-order valence-corrected chi connectivity index (χ0v) is 12.4. The van der Waals surface area contributed by atoms with Crippen LogP contribution in [-0.4, -0.2) is 14.8 Å². The zero-order valence-electron chi connectivity index (χ0n) is 12.4. The van der Waals surface area contributed by atoms with Gasteiger partial charge >= 0.3 is 0 Å². The van der Waals surface area contributed by atoms with Crippen molar-refractivity contribution in [1.29, 1.82) is 0 Å². The van der Waals surface area contributed by atoms with Gasteiger partial charge in [0.2, 0.25) is 0 Å². The van der Waals surface area contributed by atoms with Crippen LogP contribution in [0.4, 0.5) is 8.78 Å². The molecule has 0 saturated heterocycles. The lowest BCUT2D eigenvalue weighted by molar-refractivity contribution is 0.322. The smallest absolute Gasteiger partial charge is 0.184 e. The number of hydrogen-bond acceptors (Lipinski definition) is 2. The first-order valence-corrected chi connectivity index (χ1v) is 7.32. The molecule has 3 nitrogen and oxygen atoms in total. The van der Waals surface area contributed by atoms with Gasteiger partial charge in [-0.3, -0.25) is 4.68 Å². The van der Waals surface area contributed by atoms with Gasteiger partial charge in [-0.25, -0.2) is 13.8 Å². The molecule has 2 aromatic rings. The molecule has 1 saturated carbocycles. The van der Waals surface area contributed by atoms with Gasteiger partial charge in [0.15, 0.2) is 5.82 Å². The van der Waals surface area contributed by atoms with Crippen LogP contribution in [0.15, 0.2) is 18.2 Å². The first-order valence-electron chi connectivity index (χ1n) is 7.32. The van der Waals surface area contributed by atoms with E-state index in [0.717, 1.165) is 18.3 Å². The van der Waals surface area contributed by atoms with Crippen LogP contribution in [0.3, 0.4) is 0 Å². The molecule has 21 heavy (non-hydrogen) atoms. The summed E-state index contributed by atoms with van der Waals surface area (Å²) < 4.78 is 28.5. The second kappa shape index (κ2) is 5.20. The van der Waals surface area contributed by atoms with Crippen LogP contribution in [0.1, 0.15) is 38.4 Å².